The number of nitrogens with two attached hydrogens (primary N) is 1. The largest absolute Gasteiger partial charge is 0.462 e. The van der Waals surface area contributed by atoms with Crippen LogP contribution < -0.4 is 20.9 Å². The van der Waals surface area contributed by atoms with Crippen LogP contribution in [-0.2, 0) is 23.4 Å². The van der Waals surface area contributed by atoms with Gasteiger partial charge in [0.25, 0.3) is 5.56 Å². The lowest BCUT2D eigenvalue weighted by atomic mass is 10.1. The Hall–Kier alpha value is -2.88. The van der Waals surface area contributed by atoms with Crippen molar-refractivity contribution in [3.63, 3.8) is 0 Å². The van der Waals surface area contributed by atoms with E-state index in [-0.39, 0.29) is 22.9 Å². The van der Waals surface area contributed by atoms with Gasteiger partial charge in [-0.15, -0.1) is 0 Å². The summed E-state index contributed by atoms with van der Waals surface area (Å²) < 4.78 is 49.8. The molecule has 5 N–H and O–H groups in total. The number of esters is 1. The first-order chi connectivity index (χ1) is 18.3. The molecule has 0 saturated carbocycles. The molecule has 1 aliphatic rings. The number of aromatic nitrogens is 4. The van der Waals surface area contributed by atoms with Crippen molar-refractivity contribution >= 4 is 46.8 Å². The minimum atomic E-state index is -4.32. The van der Waals surface area contributed by atoms with Gasteiger partial charge in [-0.1, -0.05) is 18.2 Å². The third-order valence-corrected chi connectivity index (χ3v) is 8.02. The van der Waals surface area contributed by atoms with Crippen LogP contribution >= 0.6 is 23.7 Å². The molecule has 17 heteroatoms. The number of halogens is 2. The summed E-state index contributed by atoms with van der Waals surface area (Å²) in [5, 5.41) is 13.2. The molecule has 2 aromatic heterocycles. The number of imidazole rings is 1. The zero-order chi connectivity index (χ0) is 28.5. The van der Waals surface area contributed by atoms with Crippen molar-refractivity contribution < 1.29 is 37.4 Å². The number of anilines is 1. The summed E-state index contributed by atoms with van der Waals surface area (Å²) in [7, 11) is -4.32. The number of fused-ring (bicyclic) bond motifs is 1. The van der Waals surface area contributed by atoms with E-state index in [1.165, 1.54) is 19.1 Å². The molecule has 0 unspecified atom stereocenters. The molecule has 1 aromatic carbocycles. The Morgan fingerprint density at radius 2 is 2.08 bits per heavy atom. The molecule has 39 heavy (non-hydrogen) atoms. The molecule has 3 heterocycles. The van der Waals surface area contributed by atoms with E-state index in [4.69, 9.17) is 24.3 Å². The normalized spacial score (nSPS) is 25.5. The number of para-hydroxylation sites is 1. The van der Waals surface area contributed by atoms with Gasteiger partial charge < -0.3 is 24.8 Å². The SMILES string of the molecule is CC(C)OC(=O)[C@H](C)N[P@](=O)(OC[C@H]1O[C@@H](n2cnc3c(=O)[nH]c(N)nc32)[C@](F)(Br)[C@@H]1O)Oc1ccccc1. The van der Waals surface area contributed by atoms with Crippen LogP contribution in [0, 0.1) is 0 Å². The number of ether oxygens (including phenoxy) is 2. The van der Waals surface area contributed by atoms with Crippen LogP contribution in [0.25, 0.3) is 11.2 Å². The fourth-order valence-electron chi connectivity index (χ4n) is 3.73. The van der Waals surface area contributed by atoms with E-state index >= 15 is 4.39 Å². The number of aliphatic hydroxyl groups excluding tert-OH is 1. The third kappa shape index (κ3) is 6.31. The number of hydrogen-bond donors (Lipinski definition) is 4. The summed E-state index contributed by atoms with van der Waals surface area (Å²) in [6.07, 6.45) is -4.15. The Balaban J connectivity index is 1.56. The fraction of sp³-hybridized carbons (Fsp3) is 0.455. The van der Waals surface area contributed by atoms with Crippen LogP contribution in [0.3, 0.4) is 0 Å². The summed E-state index contributed by atoms with van der Waals surface area (Å²) in [6, 6.07) is 6.89. The number of aliphatic hydroxyl groups is 1. The van der Waals surface area contributed by atoms with Gasteiger partial charge >= 0.3 is 13.7 Å². The summed E-state index contributed by atoms with van der Waals surface area (Å²) in [4.78, 5) is 34.6. The number of benzene rings is 1. The topological polar surface area (TPSA) is 193 Å². The molecule has 0 amide bonds. The van der Waals surface area contributed by atoms with Crippen molar-refractivity contribution in [3.05, 3.63) is 47.0 Å². The highest BCUT2D eigenvalue weighted by Crippen LogP contribution is 2.50. The Kier molecular flexibility index (Phi) is 8.44. The lowest BCUT2D eigenvalue weighted by molar-refractivity contribution is -0.149. The van der Waals surface area contributed by atoms with Gasteiger partial charge in [-0.25, -0.2) is 13.9 Å². The second-order valence-electron chi connectivity index (χ2n) is 8.96. The van der Waals surface area contributed by atoms with E-state index in [0.717, 1.165) is 10.9 Å². The van der Waals surface area contributed by atoms with Crippen molar-refractivity contribution in [2.75, 3.05) is 12.3 Å². The quantitative estimate of drug-likeness (QED) is 0.145. The first kappa shape index (κ1) is 29.1. The molecule has 1 fully saturated rings. The third-order valence-electron chi connectivity index (χ3n) is 5.52. The molecular formula is C22H27BrFN6O8P. The van der Waals surface area contributed by atoms with E-state index in [1.54, 1.807) is 32.0 Å². The van der Waals surface area contributed by atoms with Crippen molar-refractivity contribution in [1.82, 2.24) is 24.6 Å². The van der Waals surface area contributed by atoms with Gasteiger partial charge in [0.05, 0.1) is 19.0 Å². The standard InChI is InChI=1S/C22H27BrFN6O8P/c1-11(2)36-19(33)12(3)29-39(34,38-13-7-5-4-6-8-13)35-9-14-16(31)22(23,24)20(37-14)30-10-26-15-17(30)27-21(25)28-18(15)32/h4-8,10-12,14,16,20,31H,9H2,1-3H3,(H,29,34)(H3,25,27,28,32)/t12-,14+,16+,20+,22-,39-/m0/s1. The van der Waals surface area contributed by atoms with Gasteiger partial charge in [0.15, 0.2) is 17.4 Å². The molecule has 3 aromatic rings. The molecule has 6 atom stereocenters. The Bertz CT molecular complexity index is 1440. The number of aromatic amines is 1. The number of carbonyl (C=O) groups excluding carboxylic acids is 1. The van der Waals surface area contributed by atoms with Gasteiger partial charge in [0.1, 0.15) is 24.0 Å². The number of nitrogens with zero attached hydrogens (tertiary/aromatic N) is 3. The first-order valence-corrected chi connectivity index (χ1v) is 14.1. The summed E-state index contributed by atoms with van der Waals surface area (Å²) >= 11 is 2.85. The van der Waals surface area contributed by atoms with Crippen LogP contribution in [-0.4, -0.2) is 66.1 Å². The number of nitrogen functional groups attached to an aromatic ring is 1. The molecule has 1 saturated heterocycles. The summed E-state index contributed by atoms with van der Waals surface area (Å²) in [5.74, 6) is -0.788. The number of nitrogens with one attached hydrogen (secondary N) is 2. The maximum absolute atomic E-state index is 15.7. The van der Waals surface area contributed by atoms with E-state index in [9.17, 15) is 19.3 Å². The molecule has 0 aliphatic carbocycles. The highest BCUT2D eigenvalue weighted by Gasteiger charge is 2.57. The second kappa shape index (κ2) is 11.3. The van der Waals surface area contributed by atoms with Gasteiger partial charge in [-0.3, -0.25) is 23.7 Å². The maximum Gasteiger partial charge on any atom is 0.459 e. The lowest BCUT2D eigenvalue weighted by Crippen LogP contribution is -2.39. The molecule has 14 nitrogen and oxygen atoms in total. The van der Waals surface area contributed by atoms with Crippen LogP contribution in [0.15, 0.2) is 41.5 Å². The zero-order valence-corrected chi connectivity index (χ0v) is 23.5. The molecule has 0 spiro atoms. The summed E-state index contributed by atoms with van der Waals surface area (Å²) in [6.45, 7) is 4.08. The van der Waals surface area contributed by atoms with Crippen LogP contribution in [0.5, 0.6) is 5.75 Å². The Morgan fingerprint density at radius 3 is 2.74 bits per heavy atom. The number of carbonyl (C=O) groups is 1. The smallest absolute Gasteiger partial charge is 0.459 e. The van der Waals surface area contributed by atoms with Crippen molar-refractivity contribution in [1.29, 1.82) is 0 Å². The highest BCUT2D eigenvalue weighted by atomic mass is 79.9. The van der Waals surface area contributed by atoms with Crippen molar-refractivity contribution in [2.45, 2.75) is 55.9 Å². The minimum Gasteiger partial charge on any atom is -0.462 e. The first-order valence-electron chi connectivity index (χ1n) is 11.7. The van der Waals surface area contributed by atoms with E-state index in [2.05, 4.69) is 36.0 Å². The minimum absolute atomic E-state index is 0.0891. The van der Waals surface area contributed by atoms with Gasteiger partial charge in [-0.05, 0) is 48.8 Å². The van der Waals surface area contributed by atoms with Crippen molar-refractivity contribution in [3.8, 4) is 5.75 Å². The number of alkyl halides is 2. The molecule has 0 radical (unpaired) electrons. The van der Waals surface area contributed by atoms with Crippen molar-refractivity contribution in [2.24, 2.45) is 0 Å². The second-order valence-corrected chi connectivity index (χ2v) is 11.9. The van der Waals surface area contributed by atoms with E-state index in [0.29, 0.717) is 0 Å². The van der Waals surface area contributed by atoms with Crippen LogP contribution in [0.4, 0.5) is 10.3 Å². The predicted octanol–water partition coefficient (Wildman–Crippen LogP) is 2.15. The van der Waals surface area contributed by atoms with Gasteiger partial charge in [0.2, 0.25) is 10.5 Å². The predicted molar refractivity (Wildman–Crippen MR) is 140 cm³/mol. The Morgan fingerprint density at radius 1 is 1.38 bits per heavy atom. The van der Waals surface area contributed by atoms with Crippen LogP contribution in [0.2, 0.25) is 0 Å². The number of rotatable bonds is 10. The molecule has 4 rings (SSSR count). The average molecular weight is 633 g/mol. The zero-order valence-electron chi connectivity index (χ0n) is 21.0. The van der Waals surface area contributed by atoms with E-state index < -0.39 is 61.0 Å². The average Bonchev–Trinajstić information content (AvgIpc) is 3.36. The van der Waals surface area contributed by atoms with Crippen LogP contribution in [0.1, 0.15) is 27.0 Å². The number of H-pyrrole nitrogens is 1. The van der Waals surface area contributed by atoms with Gasteiger partial charge in [0, 0.05) is 0 Å². The molecule has 1 aliphatic heterocycles. The van der Waals surface area contributed by atoms with E-state index in [1.807, 2.05) is 0 Å². The summed E-state index contributed by atoms with van der Waals surface area (Å²) in [5.41, 5.74) is 4.75. The number of hydrogen-bond acceptors (Lipinski definition) is 11. The monoisotopic (exact) mass is 632 g/mol. The van der Waals surface area contributed by atoms with Gasteiger partial charge in [-0.2, -0.15) is 10.1 Å². The molecule has 212 valence electrons. The Labute approximate surface area is 229 Å². The molecule has 0 bridgehead atoms. The fourth-order valence-corrected chi connectivity index (χ4v) is 5.85. The highest BCUT2D eigenvalue weighted by molar-refractivity contribution is 9.10. The molecular weight excluding hydrogens is 606 g/mol. The lowest BCUT2D eigenvalue weighted by Gasteiger charge is -2.25. The maximum atomic E-state index is 15.7.